The molecule has 0 saturated heterocycles. The van der Waals surface area contributed by atoms with E-state index in [9.17, 15) is 9.59 Å². The first kappa shape index (κ1) is 18.2. The number of hydrogen-bond acceptors (Lipinski definition) is 4. The Morgan fingerprint density at radius 2 is 1.82 bits per heavy atom. The predicted molar refractivity (Wildman–Crippen MR) is 86.0 cm³/mol. The quantitative estimate of drug-likeness (QED) is 0.419. The highest BCUT2D eigenvalue weighted by Crippen LogP contribution is 2.26. The van der Waals surface area contributed by atoms with Crippen molar-refractivity contribution in [2.45, 2.75) is 59.3 Å². The Morgan fingerprint density at radius 1 is 1.09 bits per heavy atom. The fourth-order valence-corrected chi connectivity index (χ4v) is 2.45. The molecule has 4 heteroatoms. The van der Waals surface area contributed by atoms with Crippen LogP contribution < -0.4 is 0 Å². The number of methoxy groups -OCH3 is 1. The lowest BCUT2D eigenvalue weighted by Crippen LogP contribution is -2.18. The Balaban J connectivity index is 2.79. The minimum Gasteiger partial charge on any atom is -0.461 e. The molecule has 0 radical (unpaired) electrons. The lowest BCUT2D eigenvalue weighted by Gasteiger charge is -2.06. The third kappa shape index (κ3) is 5.88. The second-order valence-electron chi connectivity index (χ2n) is 5.71. The van der Waals surface area contributed by atoms with Crippen LogP contribution in [0.25, 0.3) is 0 Å². The number of esters is 2. The molecular formula is C18H26O4. The lowest BCUT2D eigenvalue weighted by molar-refractivity contribution is -0.163. The molecule has 22 heavy (non-hydrogen) atoms. The maximum atomic E-state index is 11.6. The molecule has 1 rings (SSSR count). The average molecular weight is 306 g/mol. The van der Waals surface area contributed by atoms with E-state index in [0.29, 0.717) is 5.76 Å². The third-order valence-corrected chi connectivity index (χ3v) is 3.60. The van der Waals surface area contributed by atoms with Gasteiger partial charge in [0, 0.05) is 0 Å². The Hall–Kier alpha value is -1.84. The summed E-state index contributed by atoms with van der Waals surface area (Å²) < 4.78 is 9.52. The number of rotatable bonds is 6. The Bertz CT molecular complexity index is 509. The third-order valence-electron chi connectivity index (χ3n) is 3.60. The van der Waals surface area contributed by atoms with Crippen molar-refractivity contribution in [1.82, 2.24) is 0 Å². The van der Waals surface area contributed by atoms with E-state index in [1.165, 1.54) is 31.3 Å². The van der Waals surface area contributed by atoms with Crippen LogP contribution in [0.5, 0.6) is 0 Å². The SMILES string of the molecule is CCCCCCC1=CC(C)=C(OC(=O)C(=O)OC)C=C(C)C1. The normalized spacial score (nSPS) is 14.9. The molecule has 0 aromatic carbocycles. The van der Waals surface area contributed by atoms with Crippen molar-refractivity contribution >= 4 is 11.9 Å². The zero-order chi connectivity index (χ0) is 16.5. The van der Waals surface area contributed by atoms with E-state index in [1.807, 2.05) is 19.9 Å². The van der Waals surface area contributed by atoms with Crippen molar-refractivity contribution < 1.29 is 19.1 Å². The molecule has 0 aliphatic heterocycles. The fourth-order valence-electron chi connectivity index (χ4n) is 2.45. The van der Waals surface area contributed by atoms with Crippen LogP contribution >= 0.6 is 0 Å². The molecule has 1 aliphatic rings. The topological polar surface area (TPSA) is 52.6 Å². The highest BCUT2D eigenvalue weighted by Gasteiger charge is 2.19. The smallest absolute Gasteiger partial charge is 0.422 e. The van der Waals surface area contributed by atoms with Crippen molar-refractivity contribution in [2.75, 3.05) is 7.11 Å². The van der Waals surface area contributed by atoms with Crippen LogP contribution in [0.4, 0.5) is 0 Å². The van der Waals surface area contributed by atoms with Gasteiger partial charge in [-0.2, -0.15) is 0 Å². The second-order valence-corrected chi connectivity index (χ2v) is 5.71. The van der Waals surface area contributed by atoms with Gasteiger partial charge in [0.1, 0.15) is 5.76 Å². The largest absolute Gasteiger partial charge is 0.461 e. The zero-order valence-electron chi connectivity index (χ0n) is 14.0. The van der Waals surface area contributed by atoms with Gasteiger partial charge in [0.25, 0.3) is 0 Å². The van der Waals surface area contributed by atoms with E-state index in [4.69, 9.17) is 4.74 Å². The fraction of sp³-hybridized carbons (Fsp3) is 0.556. The minimum absolute atomic E-state index is 0.427. The molecule has 0 atom stereocenters. The maximum absolute atomic E-state index is 11.6. The van der Waals surface area contributed by atoms with Gasteiger partial charge in [0.15, 0.2) is 0 Å². The van der Waals surface area contributed by atoms with Crippen molar-refractivity contribution in [1.29, 1.82) is 0 Å². The lowest BCUT2D eigenvalue weighted by atomic mass is 10.00. The summed E-state index contributed by atoms with van der Waals surface area (Å²) in [5, 5.41) is 0. The number of unbranched alkanes of at least 4 members (excludes halogenated alkanes) is 3. The average Bonchev–Trinajstić information content (AvgIpc) is 2.61. The van der Waals surface area contributed by atoms with Crippen LogP contribution in [0.2, 0.25) is 0 Å². The molecule has 0 amide bonds. The summed E-state index contributed by atoms with van der Waals surface area (Å²) in [5.74, 6) is -1.54. The van der Waals surface area contributed by atoms with Crippen LogP contribution in [-0.4, -0.2) is 19.0 Å². The van der Waals surface area contributed by atoms with Gasteiger partial charge in [0.05, 0.1) is 7.11 Å². The molecule has 0 bridgehead atoms. The van der Waals surface area contributed by atoms with Gasteiger partial charge < -0.3 is 9.47 Å². The monoisotopic (exact) mass is 306 g/mol. The number of allylic oxidation sites excluding steroid dienone is 5. The van der Waals surface area contributed by atoms with Crippen LogP contribution in [0.1, 0.15) is 59.3 Å². The van der Waals surface area contributed by atoms with Crippen LogP contribution in [-0.2, 0) is 19.1 Å². The van der Waals surface area contributed by atoms with E-state index in [0.717, 1.165) is 31.1 Å². The molecule has 0 spiro atoms. The maximum Gasteiger partial charge on any atom is 0.422 e. The van der Waals surface area contributed by atoms with Gasteiger partial charge in [-0.15, -0.1) is 0 Å². The number of hydrogen-bond donors (Lipinski definition) is 0. The zero-order valence-corrected chi connectivity index (χ0v) is 14.0. The molecule has 0 saturated carbocycles. The van der Waals surface area contributed by atoms with Crippen LogP contribution in [0.3, 0.4) is 0 Å². The Morgan fingerprint density at radius 3 is 2.45 bits per heavy atom. The Kier molecular flexibility index (Phi) is 7.64. The van der Waals surface area contributed by atoms with Crippen molar-refractivity contribution in [2.24, 2.45) is 0 Å². The standard InChI is InChI=1S/C18H26O4/c1-5-6-7-8-9-15-10-13(2)11-16(14(3)12-15)22-18(20)17(19)21-4/h11-12H,5-10H2,1-4H3. The Labute approximate surface area is 132 Å². The van der Waals surface area contributed by atoms with Gasteiger partial charge in [-0.25, -0.2) is 9.59 Å². The number of carbonyl (C=O) groups is 2. The van der Waals surface area contributed by atoms with E-state index in [-0.39, 0.29) is 0 Å². The van der Waals surface area contributed by atoms with Crippen molar-refractivity contribution in [3.8, 4) is 0 Å². The van der Waals surface area contributed by atoms with E-state index in [1.54, 1.807) is 0 Å². The molecule has 122 valence electrons. The van der Waals surface area contributed by atoms with Crippen LogP contribution in [0, 0.1) is 0 Å². The molecular weight excluding hydrogens is 280 g/mol. The summed E-state index contributed by atoms with van der Waals surface area (Å²) in [6.07, 6.45) is 10.7. The summed E-state index contributed by atoms with van der Waals surface area (Å²) in [7, 11) is 1.16. The molecule has 4 nitrogen and oxygen atoms in total. The highest BCUT2D eigenvalue weighted by molar-refractivity contribution is 6.29. The molecule has 0 unspecified atom stereocenters. The molecule has 0 aromatic heterocycles. The van der Waals surface area contributed by atoms with Crippen LogP contribution in [0.15, 0.2) is 34.6 Å². The first-order valence-electron chi connectivity index (χ1n) is 7.85. The minimum atomic E-state index is -0.987. The summed E-state index contributed by atoms with van der Waals surface area (Å²) in [5.41, 5.74) is 3.32. The van der Waals surface area contributed by atoms with Gasteiger partial charge >= 0.3 is 11.9 Å². The first-order valence-corrected chi connectivity index (χ1v) is 7.85. The summed E-state index contributed by atoms with van der Waals surface area (Å²) in [6.45, 7) is 6.10. The summed E-state index contributed by atoms with van der Waals surface area (Å²) in [4.78, 5) is 22.7. The molecule has 0 heterocycles. The number of ether oxygens (including phenoxy) is 2. The van der Waals surface area contributed by atoms with E-state index >= 15 is 0 Å². The molecule has 0 N–H and O–H groups in total. The van der Waals surface area contributed by atoms with Gasteiger partial charge in [-0.05, 0) is 44.8 Å². The van der Waals surface area contributed by atoms with Gasteiger partial charge in [-0.1, -0.05) is 43.4 Å². The summed E-state index contributed by atoms with van der Waals surface area (Å²) >= 11 is 0. The van der Waals surface area contributed by atoms with E-state index < -0.39 is 11.9 Å². The molecule has 0 aromatic rings. The highest BCUT2D eigenvalue weighted by atomic mass is 16.6. The van der Waals surface area contributed by atoms with Gasteiger partial charge in [-0.3, -0.25) is 0 Å². The summed E-state index contributed by atoms with van der Waals surface area (Å²) in [6, 6.07) is 0. The molecule has 0 fully saturated rings. The predicted octanol–water partition coefficient (Wildman–Crippen LogP) is 4.22. The number of carbonyl (C=O) groups excluding carboxylic acids is 2. The molecule has 1 aliphatic carbocycles. The first-order chi connectivity index (χ1) is 10.5. The van der Waals surface area contributed by atoms with E-state index in [2.05, 4.69) is 17.7 Å². The van der Waals surface area contributed by atoms with Crippen molar-refractivity contribution in [3.63, 3.8) is 0 Å². The van der Waals surface area contributed by atoms with Crippen molar-refractivity contribution in [3.05, 3.63) is 34.6 Å². The van der Waals surface area contributed by atoms with Gasteiger partial charge in [0.2, 0.25) is 0 Å². The second kappa shape index (κ2) is 9.23.